The van der Waals surface area contributed by atoms with Crippen molar-refractivity contribution >= 4 is 29.5 Å². The largest absolute Gasteiger partial charge is 0.481 e. The Balaban J connectivity index is 2.67. The molecule has 0 aromatic heterocycles. The standard InChI is InChI=1S/C36H56O3S2/c1-22(2)30-25(32(3,4)5)17-23(18-26(30)33(6,7)8)40-36(15,16)41-24-19-27(34(9,10)11)31(39-21-29(37)38)28(20-24)35(12,13)14/h17-20,22H,21H2,1-16H3,(H,37,38). The van der Waals surface area contributed by atoms with Crippen LogP contribution in [0.25, 0.3) is 0 Å². The van der Waals surface area contributed by atoms with Crippen LogP contribution in [0.1, 0.15) is 145 Å². The number of rotatable bonds is 8. The summed E-state index contributed by atoms with van der Waals surface area (Å²) >= 11 is 3.78. The number of carboxylic acids is 1. The molecule has 3 nitrogen and oxygen atoms in total. The van der Waals surface area contributed by atoms with E-state index in [0.29, 0.717) is 11.7 Å². The van der Waals surface area contributed by atoms with Gasteiger partial charge in [0.05, 0.1) is 4.08 Å². The summed E-state index contributed by atoms with van der Waals surface area (Å²) in [5.74, 6) is 0.193. The zero-order valence-corrected chi connectivity index (χ0v) is 30.3. The second kappa shape index (κ2) is 12.2. The maximum atomic E-state index is 11.4. The Morgan fingerprint density at radius 2 is 0.976 bits per heavy atom. The van der Waals surface area contributed by atoms with Crippen LogP contribution in [0, 0.1) is 0 Å². The van der Waals surface area contributed by atoms with Crippen LogP contribution in [-0.2, 0) is 26.5 Å². The van der Waals surface area contributed by atoms with Crippen molar-refractivity contribution in [2.45, 2.75) is 152 Å². The zero-order chi connectivity index (χ0) is 31.9. The number of thioether (sulfide) groups is 2. The molecule has 0 unspecified atom stereocenters. The van der Waals surface area contributed by atoms with Gasteiger partial charge in [-0.05, 0) is 82.4 Å². The van der Waals surface area contributed by atoms with Gasteiger partial charge >= 0.3 is 5.97 Å². The third-order valence-corrected chi connectivity index (χ3v) is 9.52. The van der Waals surface area contributed by atoms with Crippen LogP contribution in [0.3, 0.4) is 0 Å². The molecule has 0 heterocycles. The minimum Gasteiger partial charge on any atom is -0.481 e. The lowest BCUT2D eigenvalue weighted by Crippen LogP contribution is -2.23. The van der Waals surface area contributed by atoms with E-state index < -0.39 is 5.97 Å². The summed E-state index contributed by atoms with van der Waals surface area (Å²) in [7, 11) is 0. The van der Waals surface area contributed by atoms with Gasteiger partial charge < -0.3 is 9.84 Å². The number of ether oxygens (including phenoxy) is 1. The fourth-order valence-corrected chi connectivity index (χ4v) is 7.79. The molecule has 0 saturated carbocycles. The highest BCUT2D eigenvalue weighted by atomic mass is 32.2. The zero-order valence-electron chi connectivity index (χ0n) is 28.7. The van der Waals surface area contributed by atoms with Crippen molar-refractivity contribution in [2.75, 3.05) is 6.61 Å². The molecule has 0 aliphatic heterocycles. The van der Waals surface area contributed by atoms with E-state index in [0.717, 1.165) is 11.1 Å². The van der Waals surface area contributed by atoms with Crippen LogP contribution in [0.15, 0.2) is 34.1 Å². The van der Waals surface area contributed by atoms with Crippen LogP contribution in [-0.4, -0.2) is 21.8 Å². The lowest BCUT2D eigenvalue weighted by molar-refractivity contribution is -0.139. The van der Waals surface area contributed by atoms with Crippen LogP contribution < -0.4 is 4.74 Å². The monoisotopic (exact) mass is 600 g/mol. The molecule has 0 aliphatic carbocycles. The van der Waals surface area contributed by atoms with E-state index in [-0.39, 0.29) is 32.3 Å². The van der Waals surface area contributed by atoms with Crippen LogP contribution in [0.5, 0.6) is 5.75 Å². The second-order valence-corrected chi connectivity index (χ2v) is 19.9. The Bertz CT molecular complexity index is 1170. The van der Waals surface area contributed by atoms with Crippen LogP contribution in [0.4, 0.5) is 0 Å². The van der Waals surface area contributed by atoms with Gasteiger partial charge in [0.1, 0.15) is 5.75 Å². The molecule has 0 fully saturated rings. The normalized spacial score (nSPS) is 13.6. The van der Waals surface area contributed by atoms with E-state index in [1.165, 1.54) is 26.5 Å². The molecule has 2 aromatic carbocycles. The topological polar surface area (TPSA) is 46.5 Å². The molecule has 1 N–H and O–H groups in total. The summed E-state index contributed by atoms with van der Waals surface area (Å²) in [6, 6.07) is 9.29. The van der Waals surface area contributed by atoms with Crippen LogP contribution in [0.2, 0.25) is 0 Å². The Hall–Kier alpha value is -1.59. The minimum absolute atomic E-state index is 0.0441. The van der Waals surface area contributed by atoms with Gasteiger partial charge in [-0.15, -0.1) is 23.5 Å². The van der Waals surface area contributed by atoms with Crippen molar-refractivity contribution in [2.24, 2.45) is 0 Å². The predicted molar refractivity (Wildman–Crippen MR) is 181 cm³/mol. The molecule has 5 heteroatoms. The van der Waals surface area contributed by atoms with Gasteiger partial charge in [-0.1, -0.05) is 96.9 Å². The molecule has 2 rings (SSSR count). The molecule has 2 aromatic rings. The van der Waals surface area contributed by atoms with Gasteiger partial charge in [0, 0.05) is 20.9 Å². The van der Waals surface area contributed by atoms with Gasteiger partial charge in [0.2, 0.25) is 0 Å². The van der Waals surface area contributed by atoms with Crippen molar-refractivity contribution in [1.82, 2.24) is 0 Å². The molecule has 0 bridgehead atoms. The highest BCUT2D eigenvalue weighted by molar-refractivity contribution is 8.18. The number of hydrogen-bond donors (Lipinski definition) is 1. The Morgan fingerprint density at radius 3 is 1.24 bits per heavy atom. The summed E-state index contributed by atoms with van der Waals surface area (Å²) in [4.78, 5) is 13.9. The number of aliphatic carboxylic acids is 1. The first-order chi connectivity index (χ1) is 18.2. The smallest absolute Gasteiger partial charge is 0.341 e. The Kier molecular flexibility index (Phi) is 10.6. The predicted octanol–water partition coefficient (Wildman–Crippen LogP) is 11.1. The first-order valence-corrected chi connectivity index (χ1v) is 16.5. The molecule has 0 radical (unpaired) electrons. The summed E-state index contributed by atoms with van der Waals surface area (Å²) in [5, 5.41) is 9.36. The van der Waals surface area contributed by atoms with Crippen LogP contribution >= 0.6 is 23.5 Å². The van der Waals surface area contributed by atoms with Crippen molar-refractivity contribution in [3.63, 3.8) is 0 Å². The molecule has 0 amide bonds. The SMILES string of the molecule is CC(C)c1c(C(C)(C)C)cc(SC(C)(C)Sc2cc(C(C)(C)C)c(OCC(=O)O)c(C(C)(C)C)c2)cc1C(C)(C)C. The summed E-state index contributed by atoms with van der Waals surface area (Å²) in [5.41, 5.74) is 6.12. The van der Waals surface area contributed by atoms with E-state index >= 15 is 0 Å². The summed E-state index contributed by atoms with van der Waals surface area (Å²) in [6.45, 7) is 35.8. The molecular formula is C36H56O3S2. The maximum Gasteiger partial charge on any atom is 0.341 e. The molecule has 230 valence electrons. The Labute approximate surface area is 260 Å². The van der Waals surface area contributed by atoms with E-state index in [1.807, 2.05) is 23.5 Å². The highest BCUT2D eigenvalue weighted by Gasteiger charge is 2.32. The number of benzene rings is 2. The number of carbonyl (C=O) groups is 1. The Morgan fingerprint density at radius 1 is 0.659 bits per heavy atom. The van der Waals surface area contributed by atoms with Crippen molar-refractivity contribution in [3.8, 4) is 5.75 Å². The van der Waals surface area contributed by atoms with E-state index in [9.17, 15) is 9.90 Å². The van der Waals surface area contributed by atoms with Gasteiger partial charge in [-0.2, -0.15) is 0 Å². The fraction of sp³-hybridized carbons (Fsp3) is 0.639. The van der Waals surface area contributed by atoms with E-state index in [1.54, 1.807) is 0 Å². The molecule has 0 aliphatic rings. The quantitative estimate of drug-likeness (QED) is 0.241. The average Bonchev–Trinajstić information content (AvgIpc) is 2.73. The molecule has 41 heavy (non-hydrogen) atoms. The third-order valence-electron chi connectivity index (χ3n) is 7.09. The molecule has 0 saturated heterocycles. The molecular weight excluding hydrogens is 545 g/mol. The minimum atomic E-state index is -0.964. The maximum absolute atomic E-state index is 11.4. The lowest BCUT2D eigenvalue weighted by Gasteiger charge is -2.34. The van der Waals surface area contributed by atoms with Crippen molar-refractivity contribution < 1.29 is 14.6 Å². The lowest BCUT2D eigenvalue weighted by atomic mass is 9.73. The van der Waals surface area contributed by atoms with Crippen molar-refractivity contribution in [3.05, 3.63) is 52.1 Å². The van der Waals surface area contributed by atoms with E-state index in [2.05, 4.69) is 135 Å². The van der Waals surface area contributed by atoms with Crippen molar-refractivity contribution in [1.29, 1.82) is 0 Å². The fourth-order valence-electron chi connectivity index (χ4n) is 5.20. The summed E-state index contributed by atoms with van der Waals surface area (Å²) < 4.78 is 5.81. The molecule has 0 spiro atoms. The summed E-state index contributed by atoms with van der Waals surface area (Å²) in [6.07, 6.45) is 0. The van der Waals surface area contributed by atoms with Gasteiger partial charge in [-0.3, -0.25) is 0 Å². The first-order valence-electron chi connectivity index (χ1n) is 14.8. The number of carboxylic acid groups (broad SMARTS) is 1. The van der Waals surface area contributed by atoms with E-state index in [4.69, 9.17) is 4.74 Å². The third kappa shape index (κ3) is 9.45. The van der Waals surface area contributed by atoms with Gasteiger partial charge in [0.15, 0.2) is 6.61 Å². The van der Waals surface area contributed by atoms with Gasteiger partial charge in [-0.25, -0.2) is 4.79 Å². The average molecular weight is 601 g/mol. The first kappa shape index (κ1) is 35.6. The second-order valence-electron chi connectivity index (χ2n) is 16.2. The molecule has 0 atom stereocenters. The van der Waals surface area contributed by atoms with Gasteiger partial charge in [0.25, 0.3) is 0 Å². The number of hydrogen-bond acceptors (Lipinski definition) is 4. The highest BCUT2D eigenvalue weighted by Crippen LogP contribution is 2.50.